The molecule has 0 aliphatic rings. The number of sulfonamides is 1. The van der Waals surface area contributed by atoms with E-state index in [1.165, 1.54) is 35.2 Å². The number of anilines is 1. The largest absolute Gasteiger partial charge is 0.355 e. The van der Waals surface area contributed by atoms with Crippen molar-refractivity contribution in [2.24, 2.45) is 0 Å². The van der Waals surface area contributed by atoms with E-state index in [9.17, 15) is 18.0 Å². The molecular formula is C27H27Cl4N3O4S. The molecule has 12 heteroatoms. The van der Waals surface area contributed by atoms with Crippen LogP contribution in [0, 0.1) is 6.92 Å². The van der Waals surface area contributed by atoms with E-state index < -0.39 is 34.4 Å². The summed E-state index contributed by atoms with van der Waals surface area (Å²) in [6, 6.07) is 14.4. The van der Waals surface area contributed by atoms with Crippen molar-refractivity contribution in [3.05, 3.63) is 91.9 Å². The van der Waals surface area contributed by atoms with Gasteiger partial charge >= 0.3 is 0 Å². The maximum atomic E-state index is 13.9. The zero-order valence-corrected chi connectivity index (χ0v) is 25.3. The number of halogens is 4. The van der Waals surface area contributed by atoms with E-state index >= 15 is 0 Å². The Balaban J connectivity index is 2.11. The van der Waals surface area contributed by atoms with Crippen molar-refractivity contribution in [3.63, 3.8) is 0 Å². The van der Waals surface area contributed by atoms with Crippen molar-refractivity contribution in [3.8, 4) is 0 Å². The number of aryl methyl sites for hydroxylation is 1. The van der Waals surface area contributed by atoms with Crippen LogP contribution in [0.25, 0.3) is 0 Å². The fourth-order valence-electron chi connectivity index (χ4n) is 3.79. The Kier molecular flexibility index (Phi) is 10.5. The number of hydrogen-bond acceptors (Lipinski definition) is 4. The van der Waals surface area contributed by atoms with Gasteiger partial charge in [-0.1, -0.05) is 70.2 Å². The van der Waals surface area contributed by atoms with Crippen molar-refractivity contribution in [2.75, 3.05) is 17.4 Å². The molecule has 3 rings (SSSR count). The Morgan fingerprint density at radius 2 is 1.54 bits per heavy atom. The Morgan fingerprint density at radius 1 is 0.923 bits per heavy atom. The van der Waals surface area contributed by atoms with Crippen LogP contribution in [0.4, 0.5) is 5.69 Å². The van der Waals surface area contributed by atoms with Crippen LogP contribution in [0.5, 0.6) is 0 Å². The standard InChI is InChI=1S/C27H27Cl4N3O4S/c1-4-32-27(36)18(3)33(15-21-22(29)6-5-7-23(21)30)26(35)16-34(25-14-19(28)10-13-24(25)31)39(37,38)20-11-8-17(2)9-12-20/h5-14,18H,4,15-16H2,1-3H3,(H,32,36). The topological polar surface area (TPSA) is 86.8 Å². The molecule has 0 aromatic heterocycles. The van der Waals surface area contributed by atoms with Gasteiger partial charge in [-0.25, -0.2) is 8.42 Å². The molecule has 0 fully saturated rings. The predicted molar refractivity (Wildman–Crippen MR) is 157 cm³/mol. The van der Waals surface area contributed by atoms with E-state index in [4.69, 9.17) is 46.4 Å². The second kappa shape index (κ2) is 13.2. The molecule has 1 N–H and O–H groups in total. The second-order valence-corrected chi connectivity index (χ2v) is 12.2. The molecular weight excluding hydrogens is 604 g/mol. The smallest absolute Gasteiger partial charge is 0.264 e. The zero-order chi connectivity index (χ0) is 28.9. The molecule has 3 aromatic carbocycles. The van der Waals surface area contributed by atoms with Crippen LogP contribution >= 0.6 is 46.4 Å². The van der Waals surface area contributed by atoms with E-state index in [2.05, 4.69) is 5.32 Å². The molecule has 0 aliphatic carbocycles. The molecule has 208 valence electrons. The van der Waals surface area contributed by atoms with Crippen molar-refractivity contribution in [1.82, 2.24) is 10.2 Å². The fraction of sp³-hybridized carbons (Fsp3) is 0.259. The first kappa shape index (κ1) is 31.0. The summed E-state index contributed by atoms with van der Waals surface area (Å²) >= 11 is 25.3. The molecule has 1 unspecified atom stereocenters. The molecule has 0 spiro atoms. The maximum absolute atomic E-state index is 13.9. The van der Waals surface area contributed by atoms with E-state index in [-0.39, 0.29) is 27.2 Å². The number of rotatable bonds is 10. The van der Waals surface area contributed by atoms with E-state index in [0.29, 0.717) is 22.2 Å². The van der Waals surface area contributed by atoms with Gasteiger partial charge in [-0.15, -0.1) is 0 Å². The third kappa shape index (κ3) is 7.38. The molecule has 39 heavy (non-hydrogen) atoms. The van der Waals surface area contributed by atoms with Gasteiger partial charge in [0.15, 0.2) is 0 Å². The number of hydrogen-bond donors (Lipinski definition) is 1. The van der Waals surface area contributed by atoms with Crippen LogP contribution in [0.15, 0.2) is 65.6 Å². The summed E-state index contributed by atoms with van der Waals surface area (Å²) in [7, 11) is -4.29. The van der Waals surface area contributed by atoms with Crippen LogP contribution in [0.3, 0.4) is 0 Å². The lowest BCUT2D eigenvalue weighted by Crippen LogP contribution is -2.51. The van der Waals surface area contributed by atoms with Gasteiger partial charge in [0.2, 0.25) is 11.8 Å². The molecule has 3 aromatic rings. The molecule has 0 saturated carbocycles. The molecule has 7 nitrogen and oxygen atoms in total. The average molecular weight is 631 g/mol. The van der Waals surface area contributed by atoms with Crippen LogP contribution < -0.4 is 9.62 Å². The summed E-state index contributed by atoms with van der Waals surface area (Å²) in [5, 5.41) is 3.58. The van der Waals surface area contributed by atoms with Gasteiger partial charge in [0, 0.05) is 33.7 Å². The summed E-state index contributed by atoms with van der Waals surface area (Å²) in [6.07, 6.45) is 0. The Morgan fingerprint density at radius 3 is 2.13 bits per heavy atom. The van der Waals surface area contributed by atoms with Gasteiger partial charge in [0.1, 0.15) is 12.6 Å². The van der Waals surface area contributed by atoms with Crippen molar-refractivity contribution < 1.29 is 18.0 Å². The summed E-state index contributed by atoms with van der Waals surface area (Å²) in [6.45, 7) is 4.63. The summed E-state index contributed by atoms with van der Waals surface area (Å²) in [5.74, 6) is -1.11. The van der Waals surface area contributed by atoms with Crippen LogP contribution in [-0.4, -0.2) is 44.3 Å². The SMILES string of the molecule is CCNC(=O)C(C)N(Cc1c(Cl)cccc1Cl)C(=O)CN(c1cc(Cl)ccc1Cl)S(=O)(=O)c1ccc(C)cc1. The summed E-state index contributed by atoms with van der Waals surface area (Å²) in [4.78, 5) is 27.9. The Labute approximate surface area is 248 Å². The lowest BCUT2D eigenvalue weighted by atomic mass is 10.1. The third-order valence-corrected chi connectivity index (χ3v) is 9.01. The fourth-order valence-corrected chi connectivity index (χ4v) is 6.16. The number of nitrogens with one attached hydrogen (secondary N) is 1. The summed E-state index contributed by atoms with van der Waals surface area (Å²) in [5.41, 5.74) is 1.29. The van der Waals surface area contributed by atoms with Crippen LogP contribution in [0.2, 0.25) is 20.1 Å². The minimum Gasteiger partial charge on any atom is -0.355 e. The number of amides is 2. The van der Waals surface area contributed by atoms with E-state index in [0.717, 1.165) is 9.87 Å². The van der Waals surface area contributed by atoms with Crippen molar-refractivity contribution in [1.29, 1.82) is 0 Å². The maximum Gasteiger partial charge on any atom is 0.264 e. The van der Waals surface area contributed by atoms with E-state index in [1.54, 1.807) is 44.2 Å². The first-order valence-electron chi connectivity index (χ1n) is 11.9. The monoisotopic (exact) mass is 629 g/mol. The first-order chi connectivity index (χ1) is 18.4. The van der Waals surface area contributed by atoms with Crippen LogP contribution in [-0.2, 0) is 26.2 Å². The highest BCUT2D eigenvalue weighted by Gasteiger charge is 2.34. The molecule has 0 bridgehead atoms. The van der Waals surface area contributed by atoms with Gasteiger partial charge in [-0.3, -0.25) is 13.9 Å². The quantitative estimate of drug-likeness (QED) is 0.283. The highest BCUT2D eigenvalue weighted by molar-refractivity contribution is 7.92. The number of benzene rings is 3. The van der Waals surface area contributed by atoms with Gasteiger partial charge in [-0.2, -0.15) is 0 Å². The third-order valence-electron chi connectivity index (χ3n) is 5.97. The number of carbonyl (C=O) groups is 2. The normalized spacial score (nSPS) is 12.1. The Hall–Kier alpha value is -2.49. The van der Waals surface area contributed by atoms with Gasteiger partial charge in [-0.05, 0) is 63.2 Å². The van der Waals surface area contributed by atoms with Gasteiger partial charge < -0.3 is 10.2 Å². The second-order valence-electron chi connectivity index (χ2n) is 8.71. The van der Waals surface area contributed by atoms with E-state index in [1.807, 2.05) is 6.92 Å². The molecule has 1 atom stereocenters. The number of nitrogens with zero attached hydrogens (tertiary/aromatic N) is 2. The first-order valence-corrected chi connectivity index (χ1v) is 14.9. The summed E-state index contributed by atoms with van der Waals surface area (Å²) < 4.78 is 28.6. The highest BCUT2D eigenvalue weighted by Crippen LogP contribution is 2.34. The minimum absolute atomic E-state index is 0.0134. The molecule has 0 saturated heterocycles. The predicted octanol–water partition coefficient (Wildman–Crippen LogP) is 6.36. The lowest BCUT2D eigenvalue weighted by molar-refractivity contribution is -0.139. The number of carbonyl (C=O) groups excluding carboxylic acids is 2. The average Bonchev–Trinajstić information content (AvgIpc) is 2.88. The minimum atomic E-state index is -4.29. The lowest BCUT2D eigenvalue weighted by Gasteiger charge is -2.32. The zero-order valence-electron chi connectivity index (χ0n) is 21.4. The molecule has 0 radical (unpaired) electrons. The van der Waals surface area contributed by atoms with Crippen molar-refractivity contribution >= 4 is 73.9 Å². The molecule has 0 heterocycles. The van der Waals surface area contributed by atoms with Crippen molar-refractivity contribution in [2.45, 2.75) is 38.3 Å². The van der Waals surface area contributed by atoms with Gasteiger partial charge in [0.25, 0.3) is 10.0 Å². The molecule has 0 aliphatic heterocycles. The van der Waals surface area contributed by atoms with Gasteiger partial charge in [0.05, 0.1) is 15.6 Å². The Bertz CT molecular complexity index is 1450. The molecule has 2 amide bonds. The van der Waals surface area contributed by atoms with Crippen LogP contribution in [0.1, 0.15) is 25.0 Å². The highest BCUT2D eigenvalue weighted by atomic mass is 35.5. The number of likely N-dealkylation sites (N-methyl/N-ethyl adjacent to an activating group) is 1.